The van der Waals surface area contributed by atoms with Crippen LogP contribution < -0.4 is 15.9 Å². The number of hydrogen-bond acceptors (Lipinski definition) is 2. The van der Waals surface area contributed by atoms with E-state index < -0.39 is 22.6 Å². The molecule has 3 nitrogen and oxygen atoms in total. The van der Waals surface area contributed by atoms with Gasteiger partial charge >= 0.3 is 0 Å². The zero-order chi connectivity index (χ0) is 17.1. The average molecular weight is 391 g/mol. The SMILES string of the molecule is CC(=O)N[C@H](C(Cl)(Cl)Cl)P(=O)(c1ccccc1)c1ccccc1. The normalized spacial score (nSPS) is 13.4. The Morgan fingerprint density at radius 2 is 1.35 bits per heavy atom. The molecule has 0 bridgehead atoms. The van der Waals surface area contributed by atoms with Crippen molar-refractivity contribution in [1.82, 2.24) is 5.32 Å². The van der Waals surface area contributed by atoms with Gasteiger partial charge < -0.3 is 9.88 Å². The molecule has 1 amide bonds. The van der Waals surface area contributed by atoms with Gasteiger partial charge in [-0.25, -0.2) is 0 Å². The third kappa shape index (κ3) is 4.10. The maximum atomic E-state index is 14.0. The van der Waals surface area contributed by atoms with E-state index >= 15 is 0 Å². The van der Waals surface area contributed by atoms with Crippen LogP contribution in [0.1, 0.15) is 6.92 Å². The molecule has 7 heteroatoms. The Kier molecular flexibility index (Phi) is 5.80. The molecule has 0 aliphatic carbocycles. The molecule has 1 N–H and O–H groups in total. The van der Waals surface area contributed by atoms with Gasteiger partial charge in [-0.1, -0.05) is 95.5 Å². The second-order valence-electron chi connectivity index (χ2n) is 4.97. The van der Waals surface area contributed by atoms with Crippen LogP contribution in [-0.4, -0.2) is 15.5 Å². The molecule has 0 saturated heterocycles. The van der Waals surface area contributed by atoms with Crippen molar-refractivity contribution in [2.24, 2.45) is 0 Å². The zero-order valence-electron chi connectivity index (χ0n) is 12.2. The molecule has 0 aliphatic rings. The van der Waals surface area contributed by atoms with E-state index in [-0.39, 0.29) is 0 Å². The Hall–Kier alpha value is -0.990. The van der Waals surface area contributed by atoms with E-state index in [4.69, 9.17) is 34.8 Å². The Balaban J connectivity index is 2.71. The molecular formula is C16H15Cl3NO2P. The van der Waals surface area contributed by atoms with Crippen molar-refractivity contribution in [3.63, 3.8) is 0 Å². The van der Waals surface area contributed by atoms with Crippen LogP contribution in [-0.2, 0) is 9.36 Å². The fraction of sp³-hybridized carbons (Fsp3) is 0.188. The van der Waals surface area contributed by atoms with Gasteiger partial charge in [0.2, 0.25) is 9.70 Å². The monoisotopic (exact) mass is 389 g/mol. The maximum absolute atomic E-state index is 14.0. The molecule has 0 aromatic heterocycles. The van der Waals surface area contributed by atoms with Crippen LogP contribution >= 0.6 is 41.9 Å². The minimum Gasteiger partial charge on any atom is -0.342 e. The van der Waals surface area contributed by atoms with Gasteiger partial charge in [0.05, 0.1) is 0 Å². The summed E-state index contributed by atoms with van der Waals surface area (Å²) in [7, 11) is -3.44. The minimum atomic E-state index is -3.44. The van der Waals surface area contributed by atoms with Crippen LogP contribution in [0.2, 0.25) is 0 Å². The number of carbonyl (C=O) groups excluding carboxylic acids is 1. The summed E-state index contributed by atoms with van der Waals surface area (Å²) in [5.41, 5.74) is 0. The molecule has 23 heavy (non-hydrogen) atoms. The van der Waals surface area contributed by atoms with Crippen molar-refractivity contribution >= 4 is 58.5 Å². The summed E-state index contributed by atoms with van der Waals surface area (Å²) in [4.78, 5) is 11.6. The van der Waals surface area contributed by atoms with E-state index in [0.29, 0.717) is 10.6 Å². The van der Waals surface area contributed by atoms with Crippen molar-refractivity contribution in [1.29, 1.82) is 0 Å². The lowest BCUT2D eigenvalue weighted by atomic mass is 10.4. The van der Waals surface area contributed by atoms with E-state index in [0.717, 1.165) is 0 Å². The van der Waals surface area contributed by atoms with Gasteiger partial charge in [0.25, 0.3) is 0 Å². The predicted octanol–water partition coefficient (Wildman–Crippen LogP) is 3.83. The fourth-order valence-corrected chi connectivity index (χ4v) is 6.62. The second kappa shape index (κ2) is 7.27. The Morgan fingerprint density at radius 1 is 0.957 bits per heavy atom. The van der Waals surface area contributed by atoms with Gasteiger partial charge in [-0.05, 0) is 0 Å². The summed E-state index contributed by atoms with van der Waals surface area (Å²) >= 11 is 18.2. The maximum Gasteiger partial charge on any atom is 0.218 e. The first-order chi connectivity index (χ1) is 10.8. The molecule has 0 saturated carbocycles. The Morgan fingerprint density at radius 3 is 1.65 bits per heavy atom. The molecule has 2 rings (SSSR count). The highest BCUT2D eigenvalue weighted by atomic mass is 35.6. The Bertz CT molecular complexity index is 674. The van der Waals surface area contributed by atoms with Crippen molar-refractivity contribution in [2.45, 2.75) is 16.5 Å². The number of rotatable bonds is 4. The molecule has 0 radical (unpaired) electrons. The smallest absolute Gasteiger partial charge is 0.218 e. The van der Waals surface area contributed by atoms with Crippen LogP contribution in [0, 0.1) is 0 Å². The van der Waals surface area contributed by atoms with Gasteiger partial charge in [0.1, 0.15) is 5.78 Å². The van der Waals surface area contributed by atoms with Gasteiger partial charge in [-0.15, -0.1) is 0 Å². The highest BCUT2D eigenvalue weighted by molar-refractivity contribution is 7.79. The number of benzene rings is 2. The molecule has 0 heterocycles. The van der Waals surface area contributed by atoms with Crippen molar-refractivity contribution < 1.29 is 9.36 Å². The van der Waals surface area contributed by atoms with Gasteiger partial charge in [-0.3, -0.25) is 4.79 Å². The summed E-state index contributed by atoms with van der Waals surface area (Å²) < 4.78 is 12.1. The average Bonchev–Trinajstić information content (AvgIpc) is 2.52. The lowest BCUT2D eigenvalue weighted by molar-refractivity contribution is -0.119. The zero-order valence-corrected chi connectivity index (χ0v) is 15.4. The number of nitrogens with one attached hydrogen (secondary N) is 1. The molecule has 2 aromatic carbocycles. The van der Waals surface area contributed by atoms with Gasteiger partial charge in [0, 0.05) is 17.5 Å². The van der Waals surface area contributed by atoms with Crippen molar-refractivity contribution in [2.75, 3.05) is 0 Å². The number of alkyl halides is 3. The third-order valence-electron chi connectivity index (χ3n) is 3.29. The standard InChI is InChI=1S/C16H15Cl3NO2P/c1-12(21)20-15(16(17,18)19)23(22,13-8-4-2-5-9-13)14-10-6-3-7-11-14/h2-11,15H,1H3,(H,20,21)/t15-/m0/s1. The molecule has 1 atom stereocenters. The molecular weight excluding hydrogens is 376 g/mol. The van der Waals surface area contributed by atoms with Crippen molar-refractivity contribution in [3.05, 3.63) is 60.7 Å². The number of carbonyl (C=O) groups is 1. The van der Waals surface area contributed by atoms with E-state index in [9.17, 15) is 9.36 Å². The molecule has 0 fully saturated rings. The second-order valence-corrected chi connectivity index (χ2v) is 10.2. The summed E-state index contributed by atoms with van der Waals surface area (Å²) in [5.74, 6) is -1.60. The molecule has 2 aromatic rings. The van der Waals surface area contributed by atoms with Crippen LogP contribution in [0.5, 0.6) is 0 Å². The lowest BCUT2D eigenvalue weighted by Crippen LogP contribution is -2.47. The molecule has 0 spiro atoms. The number of amides is 1. The number of hydrogen-bond donors (Lipinski definition) is 1. The lowest BCUT2D eigenvalue weighted by Gasteiger charge is -2.33. The highest BCUT2D eigenvalue weighted by Crippen LogP contribution is 2.55. The van der Waals surface area contributed by atoms with E-state index in [1.165, 1.54) is 6.92 Å². The molecule has 0 unspecified atom stereocenters. The van der Waals surface area contributed by atoms with Crippen LogP contribution in [0.25, 0.3) is 0 Å². The summed E-state index contributed by atoms with van der Waals surface area (Å²) in [6, 6.07) is 17.5. The van der Waals surface area contributed by atoms with E-state index in [2.05, 4.69) is 5.32 Å². The third-order valence-corrected chi connectivity index (χ3v) is 7.78. The first kappa shape index (κ1) is 18.4. The molecule has 122 valence electrons. The van der Waals surface area contributed by atoms with Crippen LogP contribution in [0.4, 0.5) is 0 Å². The molecule has 0 aliphatic heterocycles. The largest absolute Gasteiger partial charge is 0.342 e. The highest BCUT2D eigenvalue weighted by Gasteiger charge is 2.48. The van der Waals surface area contributed by atoms with Gasteiger partial charge in [-0.2, -0.15) is 0 Å². The van der Waals surface area contributed by atoms with E-state index in [1.807, 2.05) is 12.1 Å². The van der Waals surface area contributed by atoms with Crippen LogP contribution in [0.15, 0.2) is 60.7 Å². The summed E-state index contributed by atoms with van der Waals surface area (Å²) in [5, 5.41) is 3.58. The predicted molar refractivity (Wildman–Crippen MR) is 97.7 cm³/mol. The van der Waals surface area contributed by atoms with Crippen LogP contribution in [0.3, 0.4) is 0 Å². The summed E-state index contributed by atoms with van der Waals surface area (Å²) in [6.45, 7) is 1.30. The van der Waals surface area contributed by atoms with E-state index in [1.54, 1.807) is 48.5 Å². The quantitative estimate of drug-likeness (QED) is 0.637. The van der Waals surface area contributed by atoms with Crippen molar-refractivity contribution in [3.8, 4) is 0 Å². The first-order valence-electron chi connectivity index (χ1n) is 6.81. The topological polar surface area (TPSA) is 46.2 Å². The minimum absolute atomic E-state index is 0.423. The first-order valence-corrected chi connectivity index (χ1v) is 9.72. The Labute approximate surface area is 150 Å². The summed E-state index contributed by atoms with van der Waals surface area (Å²) in [6.07, 6.45) is 0. The fourth-order valence-electron chi connectivity index (χ4n) is 2.32. The van der Waals surface area contributed by atoms with Gasteiger partial charge in [0.15, 0.2) is 7.14 Å². The number of halogens is 3.